The Morgan fingerprint density at radius 2 is 1.96 bits per heavy atom. The zero-order valence-corrected chi connectivity index (χ0v) is 16.0. The van der Waals surface area contributed by atoms with Crippen molar-refractivity contribution in [2.24, 2.45) is 0 Å². The van der Waals surface area contributed by atoms with Gasteiger partial charge in [-0.05, 0) is 50.1 Å². The van der Waals surface area contributed by atoms with Gasteiger partial charge >= 0.3 is 0 Å². The molecule has 1 aromatic carbocycles. The summed E-state index contributed by atoms with van der Waals surface area (Å²) in [5, 5.41) is 11.1. The normalized spacial score (nSPS) is 20.2. The van der Waals surface area contributed by atoms with Crippen molar-refractivity contribution in [2.45, 2.75) is 31.4 Å². The third-order valence-corrected chi connectivity index (χ3v) is 5.17. The van der Waals surface area contributed by atoms with Gasteiger partial charge in [0.25, 0.3) is 5.91 Å². The number of hydrogen-bond acceptors (Lipinski definition) is 4. The summed E-state index contributed by atoms with van der Waals surface area (Å²) in [6.45, 7) is 2.12. The van der Waals surface area contributed by atoms with Crippen molar-refractivity contribution >= 4 is 5.91 Å². The zero-order chi connectivity index (χ0) is 20.1. The maximum Gasteiger partial charge on any atom is 0.255 e. The van der Waals surface area contributed by atoms with Crippen molar-refractivity contribution in [3.05, 3.63) is 69.9 Å². The lowest BCUT2D eigenvalue weighted by molar-refractivity contribution is -0.00401. The number of amides is 1. The highest BCUT2D eigenvalue weighted by atomic mass is 19.1. The van der Waals surface area contributed by atoms with Crippen LogP contribution in [0, 0.1) is 5.82 Å². The summed E-state index contributed by atoms with van der Waals surface area (Å²) in [6, 6.07) is 9.22. The number of aliphatic hydroxyl groups is 1. The minimum absolute atomic E-state index is 0.139. The van der Waals surface area contributed by atoms with E-state index in [1.54, 1.807) is 17.0 Å². The summed E-state index contributed by atoms with van der Waals surface area (Å²) in [4.78, 5) is 30.1. The molecule has 28 heavy (non-hydrogen) atoms. The smallest absolute Gasteiger partial charge is 0.255 e. The Morgan fingerprint density at radius 3 is 2.64 bits per heavy atom. The lowest BCUT2D eigenvalue weighted by atomic mass is 9.94. The van der Waals surface area contributed by atoms with Crippen LogP contribution in [0.3, 0.4) is 0 Å². The average molecular weight is 387 g/mol. The number of carbonyl (C=O) groups excluding carboxylic acids is 1. The van der Waals surface area contributed by atoms with Gasteiger partial charge in [0.05, 0.1) is 11.2 Å². The Hall–Kier alpha value is -2.51. The highest BCUT2D eigenvalue weighted by Crippen LogP contribution is 2.24. The fraction of sp³-hybridized carbons (Fsp3) is 0.429. The van der Waals surface area contributed by atoms with Crippen molar-refractivity contribution in [1.29, 1.82) is 0 Å². The van der Waals surface area contributed by atoms with Crippen LogP contribution in [-0.4, -0.2) is 58.1 Å². The molecule has 1 aromatic heterocycles. The van der Waals surface area contributed by atoms with Crippen molar-refractivity contribution < 1.29 is 14.3 Å². The number of likely N-dealkylation sites (N-methyl/N-ethyl adjacent to an activating group) is 1. The molecule has 6 nitrogen and oxygen atoms in total. The maximum absolute atomic E-state index is 13.0. The van der Waals surface area contributed by atoms with Gasteiger partial charge < -0.3 is 15.0 Å². The van der Waals surface area contributed by atoms with Crippen LogP contribution in [0.4, 0.5) is 4.39 Å². The van der Waals surface area contributed by atoms with Crippen LogP contribution in [-0.2, 0) is 6.54 Å². The monoisotopic (exact) mass is 387 g/mol. The summed E-state index contributed by atoms with van der Waals surface area (Å²) in [7, 11) is 1.93. The quantitative estimate of drug-likeness (QED) is 0.823. The predicted molar refractivity (Wildman–Crippen MR) is 105 cm³/mol. The van der Waals surface area contributed by atoms with E-state index in [0.717, 1.165) is 5.56 Å². The van der Waals surface area contributed by atoms with Crippen molar-refractivity contribution in [2.75, 3.05) is 26.7 Å². The molecule has 150 valence electrons. The highest BCUT2D eigenvalue weighted by molar-refractivity contribution is 5.93. The number of carbonyl (C=O) groups is 1. The molecule has 1 aliphatic heterocycles. The summed E-state index contributed by atoms with van der Waals surface area (Å²) < 4.78 is 13.0. The van der Waals surface area contributed by atoms with Crippen LogP contribution in [0.1, 0.15) is 35.2 Å². The average Bonchev–Trinajstić information content (AvgIpc) is 2.85. The number of hydrogen-bond donors (Lipinski definition) is 2. The maximum atomic E-state index is 13.0. The summed E-state index contributed by atoms with van der Waals surface area (Å²) in [5.41, 5.74) is 0.301. The fourth-order valence-corrected chi connectivity index (χ4v) is 3.73. The number of rotatable bonds is 5. The van der Waals surface area contributed by atoms with Crippen LogP contribution in [0.15, 0.2) is 47.4 Å². The number of pyridine rings is 1. The minimum Gasteiger partial charge on any atom is -0.388 e. The number of benzene rings is 1. The van der Waals surface area contributed by atoms with Crippen LogP contribution >= 0.6 is 0 Å². The first-order chi connectivity index (χ1) is 13.3. The lowest BCUT2D eigenvalue weighted by Crippen LogP contribution is -2.42. The summed E-state index contributed by atoms with van der Waals surface area (Å²) in [6.07, 6.45) is 3.22. The van der Waals surface area contributed by atoms with Gasteiger partial charge in [-0.15, -0.1) is 0 Å². The standard InChI is InChI=1S/C21H26FN3O3/c1-24(14-16-3-6-18(22)7-4-16)15-21(28)9-2-11-25(12-10-21)20(27)17-5-8-19(26)23-13-17/h3-8,13,28H,2,9-12,14-15H2,1H3,(H,23,26). The van der Waals surface area contributed by atoms with Gasteiger partial charge in [-0.1, -0.05) is 12.1 Å². The third-order valence-electron chi connectivity index (χ3n) is 5.17. The molecule has 0 spiro atoms. The van der Waals surface area contributed by atoms with Crippen molar-refractivity contribution in [3.63, 3.8) is 0 Å². The van der Waals surface area contributed by atoms with E-state index >= 15 is 0 Å². The second-order valence-electron chi connectivity index (χ2n) is 7.61. The van der Waals surface area contributed by atoms with Gasteiger partial charge in [0.2, 0.25) is 5.56 Å². The largest absolute Gasteiger partial charge is 0.388 e. The third kappa shape index (κ3) is 5.27. The first kappa shape index (κ1) is 20.2. The first-order valence-electron chi connectivity index (χ1n) is 9.48. The number of aromatic amines is 1. The second kappa shape index (κ2) is 8.67. The molecule has 7 heteroatoms. The Kier molecular flexibility index (Phi) is 6.26. The molecule has 2 heterocycles. The van der Waals surface area contributed by atoms with E-state index in [2.05, 4.69) is 4.98 Å². The Bertz CT molecular complexity index is 847. The molecule has 0 radical (unpaired) electrons. The second-order valence-corrected chi connectivity index (χ2v) is 7.61. The van der Waals surface area contributed by atoms with Gasteiger partial charge in [-0.25, -0.2) is 4.39 Å². The molecule has 1 atom stereocenters. The molecule has 3 rings (SSSR count). The van der Waals surface area contributed by atoms with E-state index in [4.69, 9.17) is 0 Å². The summed E-state index contributed by atoms with van der Waals surface area (Å²) >= 11 is 0. The van der Waals surface area contributed by atoms with E-state index in [0.29, 0.717) is 51.0 Å². The zero-order valence-electron chi connectivity index (χ0n) is 16.0. The molecule has 1 saturated heterocycles. The molecule has 2 N–H and O–H groups in total. The SMILES string of the molecule is CN(Cc1ccc(F)cc1)CC1(O)CCCN(C(=O)c2ccc(=O)[nH]c2)CC1. The molecule has 0 bridgehead atoms. The number of nitrogens with one attached hydrogen (secondary N) is 1. The molecule has 0 aliphatic carbocycles. The Morgan fingerprint density at radius 1 is 1.21 bits per heavy atom. The van der Waals surface area contributed by atoms with Crippen molar-refractivity contribution in [1.82, 2.24) is 14.8 Å². The molecule has 1 fully saturated rings. The van der Waals surface area contributed by atoms with Crippen LogP contribution in [0.25, 0.3) is 0 Å². The molecular formula is C21H26FN3O3. The van der Waals surface area contributed by atoms with E-state index in [1.807, 2.05) is 11.9 Å². The topological polar surface area (TPSA) is 76.6 Å². The van der Waals surface area contributed by atoms with Crippen LogP contribution in [0.2, 0.25) is 0 Å². The summed E-state index contributed by atoms with van der Waals surface area (Å²) in [5.74, 6) is -0.402. The Labute approximate surface area is 163 Å². The molecule has 0 saturated carbocycles. The van der Waals surface area contributed by atoms with Gasteiger partial charge in [-0.3, -0.25) is 14.5 Å². The molecular weight excluding hydrogens is 361 g/mol. The lowest BCUT2D eigenvalue weighted by Gasteiger charge is -2.31. The van der Waals surface area contributed by atoms with Gasteiger partial charge in [0.15, 0.2) is 0 Å². The Balaban J connectivity index is 1.58. The molecule has 1 aliphatic rings. The first-order valence-corrected chi connectivity index (χ1v) is 9.48. The van der Waals surface area contributed by atoms with E-state index < -0.39 is 5.60 Å². The minimum atomic E-state index is -0.880. The van der Waals surface area contributed by atoms with Gasteiger partial charge in [-0.2, -0.15) is 0 Å². The number of H-pyrrole nitrogens is 1. The number of halogens is 1. The highest BCUT2D eigenvalue weighted by Gasteiger charge is 2.32. The molecule has 1 unspecified atom stereocenters. The number of likely N-dealkylation sites (tertiary alicyclic amines) is 1. The molecule has 1 amide bonds. The van der Waals surface area contributed by atoms with E-state index in [1.165, 1.54) is 30.5 Å². The van der Waals surface area contributed by atoms with Crippen LogP contribution < -0.4 is 5.56 Å². The van der Waals surface area contributed by atoms with Gasteiger partial charge in [0, 0.05) is 38.4 Å². The molecule has 2 aromatic rings. The van der Waals surface area contributed by atoms with E-state index in [9.17, 15) is 19.1 Å². The predicted octanol–water partition coefficient (Wildman–Crippen LogP) is 2.00. The fourth-order valence-electron chi connectivity index (χ4n) is 3.73. The van der Waals surface area contributed by atoms with Crippen LogP contribution in [0.5, 0.6) is 0 Å². The van der Waals surface area contributed by atoms with E-state index in [-0.39, 0.29) is 17.3 Å². The number of aromatic nitrogens is 1. The number of nitrogens with zero attached hydrogens (tertiary/aromatic N) is 2. The van der Waals surface area contributed by atoms with Gasteiger partial charge in [0.1, 0.15) is 5.82 Å². The van der Waals surface area contributed by atoms with Crippen molar-refractivity contribution in [3.8, 4) is 0 Å².